The van der Waals surface area contributed by atoms with Gasteiger partial charge in [0.25, 0.3) is 5.91 Å². The van der Waals surface area contributed by atoms with E-state index in [4.69, 9.17) is 10.8 Å². The fraction of sp³-hybridized carbons (Fsp3) is 0.429. The highest BCUT2D eigenvalue weighted by Crippen LogP contribution is 2.20. The molecule has 0 heterocycles. The summed E-state index contributed by atoms with van der Waals surface area (Å²) >= 11 is 3.25. The van der Waals surface area contributed by atoms with Crippen molar-refractivity contribution in [3.05, 3.63) is 33.8 Å². The zero-order valence-electron chi connectivity index (χ0n) is 11.6. The SMILES string of the molecule is CC[C@H](N)CN(CC)C(=O)c1ccc(C(=O)O)cc1Br. The van der Waals surface area contributed by atoms with E-state index in [1.54, 1.807) is 4.90 Å². The molecule has 0 aliphatic carbocycles. The fourth-order valence-corrected chi connectivity index (χ4v) is 2.31. The highest BCUT2D eigenvalue weighted by atomic mass is 79.9. The van der Waals surface area contributed by atoms with Gasteiger partial charge >= 0.3 is 5.97 Å². The first-order valence-electron chi connectivity index (χ1n) is 6.48. The van der Waals surface area contributed by atoms with E-state index in [2.05, 4.69) is 15.9 Å². The largest absolute Gasteiger partial charge is 0.478 e. The minimum atomic E-state index is -1.02. The number of nitrogens with zero attached hydrogens (tertiary/aromatic N) is 1. The van der Waals surface area contributed by atoms with Gasteiger partial charge in [-0.2, -0.15) is 0 Å². The monoisotopic (exact) mass is 342 g/mol. The van der Waals surface area contributed by atoms with Crippen molar-refractivity contribution in [3.8, 4) is 0 Å². The summed E-state index contributed by atoms with van der Waals surface area (Å²) < 4.78 is 0.478. The zero-order valence-corrected chi connectivity index (χ0v) is 13.2. The Kier molecular flexibility index (Phi) is 6.16. The van der Waals surface area contributed by atoms with E-state index in [9.17, 15) is 9.59 Å². The highest BCUT2D eigenvalue weighted by molar-refractivity contribution is 9.10. The van der Waals surface area contributed by atoms with Crippen molar-refractivity contribution in [1.82, 2.24) is 4.90 Å². The first-order valence-corrected chi connectivity index (χ1v) is 7.27. The van der Waals surface area contributed by atoms with Crippen LogP contribution in [0.2, 0.25) is 0 Å². The number of carboxylic acids is 1. The number of nitrogens with two attached hydrogens (primary N) is 1. The standard InChI is InChI=1S/C14H19BrN2O3/c1-3-10(16)8-17(4-2)13(18)11-6-5-9(14(19)20)7-12(11)15/h5-7,10H,3-4,8,16H2,1-2H3,(H,19,20)/t10-/m0/s1. The number of halogens is 1. The Bertz CT molecular complexity index is 505. The van der Waals surface area contributed by atoms with E-state index in [0.717, 1.165) is 6.42 Å². The van der Waals surface area contributed by atoms with Crippen LogP contribution in [0, 0.1) is 0 Å². The van der Waals surface area contributed by atoms with Crippen molar-refractivity contribution in [1.29, 1.82) is 0 Å². The predicted octanol–water partition coefficient (Wildman–Crippen LogP) is 2.35. The molecule has 0 aliphatic rings. The second-order valence-electron chi connectivity index (χ2n) is 4.51. The Morgan fingerprint density at radius 3 is 2.50 bits per heavy atom. The predicted molar refractivity (Wildman–Crippen MR) is 80.9 cm³/mol. The third kappa shape index (κ3) is 4.05. The summed E-state index contributed by atoms with van der Waals surface area (Å²) in [6, 6.07) is 4.32. The lowest BCUT2D eigenvalue weighted by molar-refractivity contribution is 0.0693. The maximum Gasteiger partial charge on any atom is 0.335 e. The number of amides is 1. The topological polar surface area (TPSA) is 83.6 Å². The first-order chi connectivity index (χ1) is 9.40. The molecule has 1 aromatic rings. The van der Waals surface area contributed by atoms with Crippen LogP contribution in [0.25, 0.3) is 0 Å². The average Bonchev–Trinajstić information content (AvgIpc) is 2.43. The minimum Gasteiger partial charge on any atom is -0.478 e. The maximum absolute atomic E-state index is 12.4. The lowest BCUT2D eigenvalue weighted by atomic mass is 10.1. The van der Waals surface area contributed by atoms with E-state index in [1.807, 2.05) is 13.8 Å². The van der Waals surface area contributed by atoms with Crippen LogP contribution >= 0.6 is 15.9 Å². The second-order valence-corrected chi connectivity index (χ2v) is 5.37. The van der Waals surface area contributed by atoms with Gasteiger partial charge in [0.2, 0.25) is 0 Å². The third-order valence-corrected chi connectivity index (χ3v) is 3.75. The van der Waals surface area contributed by atoms with E-state index in [-0.39, 0.29) is 17.5 Å². The maximum atomic E-state index is 12.4. The van der Waals surface area contributed by atoms with E-state index >= 15 is 0 Å². The number of hydrogen-bond acceptors (Lipinski definition) is 3. The number of likely N-dealkylation sites (N-methyl/N-ethyl adjacent to an activating group) is 1. The van der Waals surface area contributed by atoms with Crippen molar-refractivity contribution in [2.75, 3.05) is 13.1 Å². The number of benzene rings is 1. The van der Waals surface area contributed by atoms with Crippen LogP contribution in [0.15, 0.2) is 22.7 Å². The molecule has 1 aromatic carbocycles. The van der Waals surface area contributed by atoms with Crippen LogP contribution in [0.3, 0.4) is 0 Å². The van der Waals surface area contributed by atoms with Gasteiger partial charge in [0.1, 0.15) is 0 Å². The number of aromatic carboxylic acids is 1. The van der Waals surface area contributed by atoms with Crippen molar-refractivity contribution in [2.24, 2.45) is 5.73 Å². The molecule has 1 rings (SSSR count). The summed E-state index contributed by atoms with van der Waals surface area (Å²) in [4.78, 5) is 25.0. The molecule has 0 bridgehead atoms. The smallest absolute Gasteiger partial charge is 0.335 e. The summed E-state index contributed by atoms with van der Waals surface area (Å²) in [6.45, 7) is 4.90. The van der Waals surface area contributed by atoms with Gasteiger partial charge in [-0.05, 0) is 47.5 Å². The molecule has 0 spiro atoms. The molecule has 0 radical (unpaired) electrons. The molecule has 0 aromatic heterocycles. The molecule has 0 saturated carbocycles. The van der Waals surface area contributed by atoms with E-state index < -0.39 is 5.97 Å². The highest BCUT2D eigenvalue weighted by Gasteiger charge is 2.19. The minimum absolute atomic E-state index is 0.0593. The van der Waals surface area contributed by atoms with Crippen molar-refractivity contribution < 1.29 is 14.7 Å². The number of carbonyl (C=O) groups is 2. The van der Waals surface area contributed by atoms with Gasteiger partial charge < -0.3 is 15.7 Å². The number of carboxylic acid groups (broad SMARTS) is 1. The number of rotatable bonds is 6. The summed E-state index contributed by atoms with van der Waals surface area (Å²) in [6.07, 6.45) is 0.795. The summed E-state index contributed by atoms with van der Waals surface area (Å²) in [5, 5.41) is 8.91. The van der Waals surface area contributed by atoms with Gasteiger partial charge in [-0.3, -0.25) is 4.79 Å². The molecule has 0 unspecified atom stereocenters. The van der Waals surface area contributed by atoms with E-state index in [0.29, 0.717) is 23.1 Å². The Morgan fingerprint density at radius 1 is 1.40 bits per heavy atom. The molecule has 20 heavy (non-hydrogen) atoms. The van der Waals surface area contributed by atoms with Gasteiger partial charge in [0.05, 0.1) is 11.1 Å². The van der Waals surface area contributed by atoms with Gasteiger partial charge in [-0.15, -0.1) is 0 Å². The normalized spacial score (nSPS) is 12.0. The molecular formula is C14H19BrN2O3. The van der Waals surface area contributed by atoms with Crippen LogP contribution < -0.4 is 5.73 Å². The molecule has 1 atom stereocenters. The van der Waals surface area contributed by atoms with Crippen LogP contribution in [0.5, 0.6) is 0 Å². The molecule has 0 aliphatic heterocycles. The van der Waals surface area contributed by atoms with E-state index in [1.165, 1.54) is 18.2 Å². The Balaban J connectivity index is 2.98. The van der Waals surface area contributed by atoms with Crippen LogP contribution in [-0.2, 0) is 0 Å². The van der Waals surface area contributed by atoms with Gasteiger partial charge in [0.15, 0.2) is 0 Å². The van der Waals surface area contributed by atoms with Crippen molar-refractivity contribution in [3.63, 3.8) is 0 Å². The molecule has 1 amide bonds. The van der Waals surface area contributed by atoms with Crippen LogP contribution in [-0.4, -0.2) is 41.0 Å². The summed E-state index contributed by atoms with van der Waals surface area (Å²) in [5.41, 5.74) is 6.47. The number of hydrogen-bond donors (Lipinski definition) is 2. The molecule has 0 saturated heterocycles. The Labute approximate surface area is 126 Å². The van der Waals surface area contributed by atoms with Gasteiger partial charge in [-0.1, -0.05) is 6.92 Å². The van der Waals surface area contributed by atoms with Gasteiger partial charge in [0, 0.05) is 23.6 Å². The lowest BCUT2D eigenvalue weighted by Gasteiger charge is -2.24. The molecule has 3 N–H and O–H groups in total. The Hall–Kier alpha value is -1.40. The molecule has 5 nitrogen and oxygen atoms in total. The molecular weight excluding hydrogens is 324 g/mol. The summed E-state index contributed by atoms with van der Waals surface area (Å²) in [5.74, 6) is -1.18. The Morgan fingerprint density at radius 2 is 2.05 bits per heavy atom. The van der Waals surface area contributed by atoms with Gasteiger partial charge in [-0.25, -0.2) is 4.79 Å². The zero-order chi connectivity index (χ0) is 15.3. The summed E-state index contributed by atoms with van der Waals surface area (Å²) in [7, 11) is 0. The van der Waals surface area contributed by atoms with Crippen molar-refractivity contribution in [2.45, 2.75) is 26.3 Å². The lowest BCUT2D eigenvalue weighted by Crippen LogP contribution is -2.40. The number of carbonyl (C=O) groups excluding carboxylic acids is 1. The molecule has 0 fully saturated rings. The average molecular weight is 343 g/mol. The van der Waals surface area contributed by atoms with Crippen LogP contribution in [0.1, 0.15) is 41.0 Å². The quantitative estimate of drug-likeness (QED) is 0.830. The van der Waals surface area contributed by atoms with Crippen LogP contribution in [0.4, 0.5) is 0 Å². The second kappa shape index (κ2) is 7.40. The fourth-order valence-electron chi connectivity index (χ4n) is 1.76. The first kappa shape index (κ1) is 16.7. The molecule has 6 heteroatoms. The molecule has 110 valence electrons. The van der Waals surface area contributed by atoms with Crippen molar-refractivity contribution >= 4 is 27.8 Å². The third-order valence-electron chi connectivity index (χ3n) is 3.09.